The molecule has 33 heavy (non-hydrogen) atoms. The van der Waals surface area contributed by atoms with Crippen molar-refractivity contribution in [3.05, 3.63) is 59.7 Å². The Balaban J connectivity index is 1.54. The van der Waals surface area contributed by atoms with Gasteiger partial charge < -0.3 is 10.1 Å². The first-order valence-corrected chi connectivity index (χ1v) is 13.0. The van der Waals surface area contributed by atoms with Gasteiger partial charge in [0.25, 0.3) is 0 Å². The number of hydrogen-bond acceptors (Lipinski definition) is 8. The highest BCUT2D eigenvalue weighted by Crippen LogP contribution is 2.27. The van der Waals surface area contributed by atoms with Crippen molar-refractivity contribution in [2.45, 2.75) is 43.9 Å². The third kappa shape index (κ3) is 6.04. The molecular weight excluding hydrogens is 442 g/mol. The van der Waals surface area contributed by atoms with Gasteiger partial charge in [-0.15, -0.1) is 5.10 Å². The van der Waals surface area contributed by atoms with Crippen molar-refractivity contribution < 1.29 is 13.2 Å². The molecule has 0 bridgehead atoms. The number of tetrazole rings is 1. The van der Waals surface area contributed by atoms with E-state index in [4.69, 9.17) is 4.74 Å². The van der Waals surface area contributed by atoms with E-state index in [9.17, 15) is 8.42 Å². The number of methoxy groups -OCH3 is 1. The number of ether oxygens (including phenoxy) is 1. The van der Waals surface area contributed by atoms with Gasteiger partial charge in [0.05, 0.1) is 35.9 Å². The van der Waals surface area contributed by atoms with Gasteiger partial charge in [0.1, 0.15) is 0 Å². The molecular formula is C22H31N7O3S. The second-order valence-corrected chi connectivity index (χ2v) is 10.9. The Bertz CT molecular complexity index is 1150. The highest BCUT2D eigenvalue weighted by atomic mass is 32.2. The summed E-state index contributed by atoms with van der Waals surface area (Å²) in [7, 11) is 0.337. The molecule has 1 fully saturated rings. The molecule has 2 atom stereocenters. The second kappa shape index (κ2) is 10.1. The van der Waals surface area contributed by atoms with Gasteiger partial charge in [-0.25, -0.2) is 13.1 Å². The summed E-state index contributed by atoms with van der Waals surface area (Å²) in [6.45, 7) is 0.908. The van der Waals surface area contributed by atoms with Crippen molar-refractivity contribution in [1.29, 1.82) is 0 Å². The van der Waals surface area contributed by atoms with Crippen molar-refractivity contribution in [3.8, 4) is 0 Å². The molecule has 1 aromatic carbocycles. The fourth-order valence-electron chi connectivity index (χ4n) is 4.42. The van der Waals surface area contributed by atoms with E-state index in [2.05, 4.69) is 38.1 Å². The van der Waals surface area contributed by atoms with Crippen LogP contribution in [0, 0.1) is 0 Å². The lowest BCUT2D eigenvalue weighted by Crippen LogP contribution is -2.51. The molecule has 10 nitrogen and oxygen atoms in total. The molecule has 2 aromatic heterocycles. The van der Waals surface area contributed by atoms with Gasteiger partial charge in [-0.05, 0) is 41.7 Å². The van der Waals surface area contributed by atoms with E-state index >= 15 is 0 Å². The maximum absolute atomic E-state index is 12.3. The largest absolute Gasteiger partial charge is 0.376 e. The Labute approximate surface area is 194 Å². The van der Waals surface area contributed by atoms with E-state index in [0.29, 0.717) is 31.8 Å². The number of benzene rings is 1. The van der Waals surface area contributed by atoms with Crippen molar-refractivity contribution in [1.82, 2.24) is 35.3 Å². The maximum Gasteiger partial charge on any atom is 0.168 e. The Morgan fingerprint density at radius 1 is 1.24 bits per heavy atom. The van der Waals surface area contributed by atoms with Gasteiger partial charge in [0.15, 0.2) is 15.7 Å². The smallest absolute Gasteiger partial charge is 0.168 e. The molecule has 3 heterocycles. The normalized spacial score (nSPS) is 21.2. The summed E-state index contributed by atoms with van der Waals surface area (Å²) in [5.74, 6) is 0.953. The van der Waals surface area contributed by atoms with Gasteiger partial charge in [0.2, 0.25) is 0 Å². The van der Waals surface area contributed by atoms with Crippen molar-refractivity contribution in [2.24, 2.45) is 7.05 Å². The van der Waals surface area contributed by atoms with Gasteiger partial charge in [0, 0.05) is 32.5 Å². The number of sulfone groups is 1. The first kappa shape index (κ1) is 23.5. The monoisotopic (exact) mass is 473 g/mol. The molecule has 1 aliphatic rings. The standard InChI is InChI=1S/C22H31N7O3S/c1-28-14-19(13-24-28)15-29-21(25-26-27-29)20(10-9-18-7-4-3-5-8-18)23-16-22(32-2)11-6-12-33(30,31)17-22/h3-5,7-8,13-14,20,23H,6,9-12,15-17H2,1-2H3. The number of nitrogens with one attached hydrogen (secondary N) is 1. The fourth-order valence-corrected chi connectivity index (χ4v) is 6.31. The third-order valence-electron chi connectivity index (χ3n) is 6.20. The minimum absolute atomic E-state index is 0.0233. The van der Waals surface area contributed by atoms with Crippen LogP contribution >= 0.6 is 0 Å². The van der Waals surface area contributed by atoms with Crippen LogP contribution in [-0.4, -0.2) is 69.2 Å². The van der Waals surface area contributed by atoms with E-state index in [1.807, 2.05) is 31.4 Å². The number of rotatable bonds is 10. The SMILES string of the molecule is COC1(CNC(CCc2ccccc2)c2nnnn2Cc2cnn(C)c2)CCCS(=O)(=O)C1. The Morgan fingerprint density at radius 2 is 2.06 bits per heavy atom. The predicted molar refractivity (Wildman–Crippen MR) is 123 cm³/mol. The van der Waals surface area contributed by atoms with E-state index in [1.54, 1.807) is 22.7 Å². The molecule has 3 aromatic rings. The van der Waals surface area contributed by atoms with Crippen LogP contribution in [0.15, 0.2) is 42.7 Å². The number of aryl methyl sites for hydroxylation is 2. The van der Waals surface area contributed by atoms with Gasteiger partial charge in [-0.1, -0.05) is 30.3 Å². The quantitative estimate of drug-likeness (QED) is 0.468. The number of aromatic nitrogens is 6. The fraction of sp³-hybridized carbons (Fsp3) is 0.545. The molecule has 2 unspecified atom stereocenters. The van der Waals surface area contributed by atoms with Crippen molar-refractivity contribution in [2.75, 3.05) is 25.2 Å². The first-order valence-electron chi connectivity index (χ1n) is 11.1. The lowest BCUT2D eigenvalue weighted by molar-refractivity contribution is -0.00315. The van der Waals surface area contributed by atoms with Crippen LogP contribution < -0.4 is 5.32 Å². The molecule has 1 aliphatic heterocycles. The third-order valence-corrected chi connectivity index (χ3v) is 8.08. The first-order chi connectivity index (χ1) is 15.9. The topological polar surface area (TPSA) is 117 Å². The average Bonchev–Trinajstić information content (AvgIpc) is 3.43. The zero-order valence-electron chi connectivity index (χ0n) is 19.1. The van der Waals surface area contributed by atoms with Crippen LogP contribution in [0.4, 0.5) is 0 Å². The highest BCUT2D eigenvalue weighted by Gasteiger charge is 2.39. The summed E-state index contributed by atoms with van der Waals surface area (Å²) in [5, 5.41) is 20.2. The molecule has 0 amide bonds. The minimum atomic E-state index is -3.13. The molecule has 0 saturated carbocycles. The summed E-state index contributed by atoms with van der Waals surface area (Å²) in [4.78, 5) is 0. The number of hydrogen-bond donors (Lipinski definition) is 1. The summed E-state index contributed by atoms with van der Waals surface area (Å²) in [5.41, 5.74) is 1.47. The van der Waals surface area contributed by atoms with Crippen LogP contribution in [0.2, 0.25) is 0 Å². The maximum atomic E-state index is 12.3. The molecule has 1 N–H and O–H groups in total. The molecule has 1 saturated heterocycles. The van der Waals surface area contributed by atoms with E-state index in [1.165, 1.54) is 5.56 Å². The van der Waals surface area contributed by atoms with Crippen molar-refractivity contribution in [3.63, 3.8) is 0 Å². The average molecular weight is 474 g/mol. The summed E-state index contributed by atoms with van der Waals surface area (Å²) >= 11 is 0. The number of nitrogens with zero attached hydrogens (tertiary/aromatic N) is 6. The van der Waals surface area contributed by atoms with Crippen LogP contribution in [0.1, 0.15) is 42.3 Å². The second-order valence-electron chi connectivity index (χ2n) is 8.76. The zero-order chi connectivity index (χ0) is 23.3. The van der Waals surface area contributed by atoms with Gasteiger partial charge in [-0.2, -0.15) is 5.10 Å². The Hall–Kier alpha value is -2.63. The van der Waals surface area contributed by atoms with Crippen LogP contribution in [0.5, 0.6) is 0 Å². The minimum Gasteiger partial charge on any atom is -0.376 e. The molecule has 0 aliphatic carbocycles. The summed E-state index contributed by atoms with van der Waals surface area (Å²) in [6.07, 6.45) is 6.61. The van der Waals surface area contributed by atoms with E-state index in [0.717, 1.165) is 18.4 Å². The Kier molecular flexibility index (Phi) is 7.20. The lowest BCUT2D eigenvalue weighted by atomic mass is 9.98. The predicted octanol–water partition coefficient (Wildman–Crippen LogP) is 1.31. The van der Waals surface area contributed by atoms with Gasteiger partial charge >= 0.3 is 0 Å². The van der Waals surface area contributed by atoms with E-state index < -0.39 is 15.4 Å². The Morgan fingerprint density at radius 3 is 2.76 bits per heavy atom. The van der Waals surface area contributed by atoms with Crippen LogP contribution in [0.25, 0.3) is 0 Å². The summed E-state index contributed by atoms with van der Waals surface area (Å²) in [6, 6.07) is 10.1. The van der Waals surface area contributed by atoms with Crippen LogP contribution in [0.3, 0.4) is 0 Å². The molecule has 0 spiro atoms. The molecule has 11 heteroatoms. The highest BCUT2D eigenvalue weighted by molar-refractivity contribution is 7.91. The van der Waals surface area contributed by atoms with Crippen LogP contribution in [-0.2, 0) is 34.6 Å². The lowest BCUT2D eigenvalue weighted by Gasteiger charge is -2.36. The van der Waals surface area contributed by atoms with Gasteiger partial charge in [-0.3, -0.25) is 4.68 Å². The molecule has 178 valence electrons. The zero-order valence-corrected chi connectivity index (χ0v) is 19.9. The summed E-state index contributed by atoms with van der Waals surface area (Å²) < 4.78 is 33.9. The van der Waals surface area contributed by atoms with Crippen molar-refractivity contribution >= 4 is 9.84 Å². The molecule has 4 rings (SSSR count). The molecule has 0 radical (unpaired) electrons. The van der Waals surface area contributed by atoms with E-state index in [-0.39, 0.29) is 17.5 Å².